The van der Waals surface area contributed by atoms with Crippen LogP contribution in [-0.4, -0.2) is 28.9 Å². The number of rotatable bonds is 9. The molecule has 0 aliphatic carbocycles. The molecule has 0 saturated carbocycles. The predicted molar refractivity (Wildman–Crippen MR) is 86.8 cm³/mol. The van der Waals surface area contributed by atoms with Gasteiger partial charge in [-0.05, 0) is 37.1 Å². The summed E-state index contributed by atoms with van der Waals surface area (Å²) < 4.78 is 17.5. The van der Waals surface area contributed by atoms with E-state index in [1.54, 1.807) is 7.11 Å². The van der Waals surface area contributed by atoms with Crippen LogP contribution in [0.4, 0.5) is 0 Å². The Morgan fingerprint density at radius 1 is 1.25 bits per heavy atom. The molecule has 0 aromatic heterocycles. The van der Waals surface area contributed by atoms with Crippen LogP contribution in [0.5, 0.6) is 5.75 Å². The molecule has 0 fully saturated rings. The van der Waals surface area contributed by atoms with E-state index in [9.17, 15) is 4.21 Å². The second-order valence-corrected chi connectivity index (χ2v) is 6.95. The molecule has 20 heavy (non-hydrogen) atoms. The van der Waals surface area contributed by atoms with Gasteiger partial charge in [-0.2, -0.15) is 0 Å². The van der Waals surface area contributed by atoms with E-state index in [4.69, 9.17) is 4.74 Å². The summed E-state index contributed by atoms with van der Waals surface area (Å²) in [5.74, 6) is 1.52. The molecule has 1 aromatic carbocycles. The van der Waals surface area contributed by atoms with Crippen LogP contribution < -0.4 is 10.1 Å². The number of methoxy groups -OCH3 is 1. The van der Waals surface area contributed by atoms with E-state index >= 15 is 0 Å². The molecule has 0 aliphatic heterocycles. The third-order valence-corrected chi connectivity index (χ3v) is 5.41. The SMILES string of the molecule is CCCNC(CS(=O)C(C)CC)c1ccc(OC)cc1. The number of nitrogens with one attached hydrogen (secondary N) is 1. The van der Waals surface area contributed by atoms with Crippen molar-refractivity contribution in [3.63, 3.8) is 0 Å². The van der Waals surface area contributed by atoms with E-state index < -0.39 is 10.8 Å². The van der Waals surface area contributed by atoms with Gasteiger partial charge < -0.3 is 10.1 Å². The summed E-state index contributed by atoms with van der Waals surface area (Å²) in [6.07, 6.45) is 2.03. The molecule has 3 unspecified atom stereocenters. The number of ether oxygens (including phenoxy) is 1. The third kappa shape index (κ3) is 5.25. The van der Waals surface area contributed by atoms with Crippen molar-refractivity contribution in [1.29, 1.82) is 0 Å². The average Bonchev–Trinajstić information content (AvgIpc) is 2.50. The molecule has 0 radical (unpaired) electrons. The standard InChI is InChI=1S/C16H27NO2S/c1-5-11-17-16(12-20(18)13(3)6-2)14-7-9-15(19-4)10-8-14/h7-10,13,16-17H,5-6,11-12H2,1-4H3. The lowest BCUT2D eigenvalue weighted by atomic mass is 10.1. The Hall–Kier alpha value is -0.870. The zero-order chi connectivity index (χ0) is 15.0. The van der Waals surface area contributed by atoms with Gasteiger partial charge in [0, 0.05) is 27.8 Å². The molecule has 4 heteroatoms. The van der Waals surface area contributed by atoms with Gasteiger partial charge in [0.25, 0.3) is 0 Å². The molecule has 0 amide bonds. The van der Waals surface area contributed by atoms with Gasteiger partial charge in [0.05, 0.1) is 7.11 Å². The summed E-state index contributed by atoms with van der Waals surface area (Å²) in [6.45, 7) is 7.23. The molecule has 0 heterocycles. The van der Waals surface area contributed by atoms with Gasteiger partial charge in [0.15, 0.2) is 0 Å². The zero-order valence-electron chi connectivity index (χ0n) is 13.0. The normalized spacial score (nSPS) is 15.6. The first-order valence-electron chi connectivity index (χ1n) is 7.36. The lowest BCUT2D eigenvalue weighted by molar-refractivity contribution is 0.414. The van der Waals surface area contributed by atoms with Gasteiger partial charge >= 0.3 is 0 Å². The maximum absolute atomic E-state index is 12.3. The topological polar surface area (TPSA) is 38.3 Å². The summed E-state index contributed by atoms with van der Waals surface area (Å²) in [6, 6.07) is 8.18. The van der Waals surface area contributed by atoms with E-state index in [2.05, 4.69) is 38.2 Å². The van der Waals surface area contributed by atoms with Crippen molar-refractivity contribution in [2.24, 2.45) is 0 Å². The Kier molecular flexibility index (Phi) is 7.85. The Balaban J connectivity index is 2.78. The van der Waals surface area contributed by atoms with Crippen LogP contribution >= 0.6 is 0 Å². The van der Waals surface area contributed by atoms with Crippen LogP contribution in [0.25, 0.3) is 0 Å². The van der Waals surface area contributed by atoms with Crippen LogP contribution in [0, 0.1) is 0 Å². The predicted octanol–water partition coefficient (Wildman–Crippen LogP) is 3.28. The van der Waals surface area contributed by atoms with Gasteiger partial charge in [-0.1, -0.05) is 32.9 Å². The number of hydrogen-bond donors (Lipinski definition) is 1. The average molecular weight is 297 g/mol. The highest BCUT2D eigenvalue weighted by atomic mass is 32.2. The highest BCUT2D eigenvalue weighted by Gasteiger charge is 2.17. The first-order chi connectivity index (χ1) is 9.62. The fourth-order valence-electron chi connectivity index (χ4n) is 1.94. The minimum Gasteiger partial charge on any atom is -0.497 e. The molecule has 1 N–H and O–H groups in total. The maximum atomic E-state index is 12.3. The molecule has 1 aromatic rings. The fourth-order valence-corrected chi connectivity index (χ4v) is 3.28. The van der Waals surface area contributed by atoms with Crippen molar-refractivity contribution >= 4 is 10.8 Å². The summed E-state index contributed by atoms with van der Waals surface area (Å²) >= 11 is 0. The smallest absolute Gasteiger partial charge is 0.118 e. The van der Waals surface area contributed by atoms with Crippen LogP contribution in [0.15, 0.2) is 24.3 Å². The van der Waals surface area contributed by atoms with Crippen LogP contribution in [0.3, 0.4) is 0 Å². The second kappa shape index (κ2) is 9.14. The number of benzene rings is 1. The van der Waals surface area contributed by atoms with E-state index in [1.165, 1.54) is 5.56 Å². The van der Waals surface area contributed by atoms with Gasteiger partial charge in [0.2, 0.25) is 0 Å². The summed E-state index contributed by atoms with van der Waals surface area (Å²) in [7, 11) is 0.867. The molecule has 1 rings (SSSR count). The second-order valence-electron chi connectivity index (χ2n) is 5.05. The molecule has 0 spiro atoms. The first kappa shape index (κ1) is 17.2. The minimum absolute atomic E-state index is 0.149. The Morgan fingerprint density at radius 3 is 2.40 bits per heavy atom. The molecule has 0 bridgehead atoms. The quantitative estimate of drug-likeness (QED) is 0.760. The van der Waals surface area contributed by atoms with Gasteiger partial charge in [-0.3, -0.25) is 4.21 Å². The van der Waals surface area contributed by atoms with Gasteiger partial charge in [-0.15, -0.1) is 0 Å². The molecule has 3 nitrogen and oxygen atoms in total. The largest absolute Gasteiger partial charge is 0.497 e. The Morgan fingerprint density at radius 2 is 1.90 bits per heavy atom. The zero-order valence-corrected chi connectivity index (χ0v) is 13.8. The highest BCUT2D eigenvalue weighted by molar-refractivity contribution is 7.85. The third-order valence-electron chi connectivity index (χ3n) is 3.51. The van der Waals surface area contributed by atoms with E-state index in [1.807, 2.05) is 12.1 Å². The van der Waals surface area contributed by atoms with Crippen LogP contribution in [0.2, 0.25) is 0 Å². The van der Waals surface area contributed by atoms with Crippen molar-refractivity contribution in [1.82, 2.24) is 5.32 Å². The van der Waals surface area contributed by atoms with Gasteiger partial charge in [-0.25, -0.2) is 0 Å². The molecule has 3 atom stereocenters. The van der Waals surface area contributed by atoms with Crippen molar-refractivity contribution in [2.75, 3.05) is 19.4 Å². The molecular formula is C16H27NO2S. The van der Waals surface area contributed by atoms with E-state index in [0.717, 1.165) is 25.1 Å². The van der Waals surface area contributed by atoms with Crippen LogP contribution in [-0.2, 0) is 10.8 Å². The monoisotopic (exact) mass is 297 g/mol. The molecule has 0 saturated heterocycles. The van der Waals surface area contributed by atoms with E-state index in [-0.39, 0.29) is 11.3 Å². The first-order valence-corrected chi connectivity index (χ1v) is 8.75. The summed E-state index contributed by atoms with van der Waals surface area (Å²) in [5.41, 5.74) is 1.18. The molecular weight excluding hydrogens is 270 g/mol. The van der Waals surface area contributed by atoms with Crippen molar-refractivity contribution < 1.29 is 8.95 Å². The fraction of sp³-hybridized carbons (Fsp3) is 0.625. The lowest BCUT2D eigenvalue weighted by Crippen LogP contribution is -2.29. The van der Waals surface area contributed by atoms with Crippen molar-refractivity contribution in [3.8, 4) is 5.75 Å². The Labute approximate surface area is 125 Å². The van der Waals surface area contributed by atoms with Crippen LogP contribution in [0.1, 0.15) is 45.2 Å². The number of hydrogen-bond acceptors (Lipinski definition) is 3. The van der Waals surface area contributed by atoms with Crippen molar-refractivity contribution in [3.05, 3.63) is 29.8 Å². The molecule has 114 valence electrons. The lowest BCUT2D eigenvalue weighted by Gasteiger charge is -2.20. The van der Waals surface area contributed by atoms with Crippen molar-refractivity contribution in [2.45, 2.75) is 44.9 Å². The maximum Gasteiger partial charge on any atom is 0.118 e. The Bertz CT molecular complexity index is 405. The summed E-state index contributed by atoms with van der Waals surface area (Å²) in [5, 5.41) is 3.75. The van der Waals surface area contributed by atoms with E-state index in [0.29, 0.717) is 5.75 Å². The minimum atomic E-state index is -0.800. The molecule has 0 aliphatic rings. The van der Waals surface area contributed by atoms with Gasteiger partial charge in [0.1, 0.15) is 5.75 Å². The highest BCUT2D eigenvalue weighted by Crippen LogP contribution is 2.20. The summed E-state index contributed by atoms with van der Waals surface area (Å²) in [4.78, 5) is 0.